The van der Waals surface area contributed by atoms with Crippen LogP contribution in [0.3, 0.4) is 0 Å². The highest BCUT2D eigenvalue weighted by Crippen LogP contribution is 2.22. The summed E-state index contributed by atoms with van der Waals surface area (Å²) < 4.78 is 0. The van der Waals surface area contributed by atoms with Gasteiger partial charge in [-0.3, -0.25) is 0 Å². The summed E-state index contributed by atoms with van der Waals surface area (Å²) in [6.07, 6.45) is 1.02. The van der Waals surface area contributed by atoms with Crippen LogP contribution in [-0.2, 0) is 13.5 Å². The molecule has 1 unspecified atom stereocenters. The molecule has 1 rings (SSSR count). The molecule has 14 heavy (non-hydrogen) atoms. The Morgan fingerprint density at radius 1 is 1.43 bits per heavy atom. The molecule has 1 atom stereocenters. The average Bonchev–Trinajstić information content (AvgIpc) is 2.45. The largest absolute Gasteiger partial charge is 0.393 e. The van der Waals surface area contributed by atoms with Crippen LogP contribution in [0, 0.1) is 5.41 Å². The second kappa shape index (κ2) is 4.04. The number of hydrogen-bond acceptors (Lipinski definition) is 4. The quantitative estimate of drug-likeness (QED) is 0.770. The minimum atomic E-state index is -0.327. The first kappa shape index (κ1) is 11.1. The van der Waals surface area contributed by atoms with E-state index in [0.717, 1.165) is 0 Å². The minimum Gasteiger partial charge on any atom is -0.393 e. The van der Waals surface area contributed by atoms with Crippen LogP contribution in [-0.4, -0.2) is 31.4 Å². The van der Waals surface area contributed by atoms with Gasteiger partial charge in [-0.25, -0.2) is 0 Å². The molecule has 0 aromatic carbocycles. The molecule has 5 nitrogen and oxygen atoms in total. The van der Waals surface area contributed by atoms with Crippen LogP contribution in [0.1, 0.15) is 33.0 Å². The molecule has 80 valence electrons. The van der Waals surface area contributed by atoms with Crippen LogP contribution in [0.15, 0.2) is 0 Å². The maximum atomic E-state index is 9.77. The lowest BCUT2D eigenvalue weighted by molar-refractivity contribution is 0.0555. The number of hydrogen-bond donors (Lipinski definition) is 1. The summed E-state index contributed by atoms with van der Waals surface area (Å²) in [7, 11) is 1.73. The van der Waals surface area contributed by atoms with E-state index >= 15 is 0 Å². The standard InChI is InChI=1S/C9H18N4O/c1-9(2,3)7(14)5-6-8-10-12-13(4)11-8/h7,14H,5-6H2,1-4H3. The van der Waals surface area contributed by atoms with Crippen LogP contribution < -0.4 is 0 Å². The fraction of sp³-hybridized carbons (Fsp3) is 0.889. The SMILES string of the molecule is Cn1nnc(CCC(O)C(C)(C)C)n1. The van der Waals surface area contributed by atoms with Gasteiger partial charge in [-0.1, -0.05) is 20.8 Å². The van der Waals surface area contributed by atoms with E-state index in [-0.39, 0.29) is 11.5 Å². The van der Waals surface area contributed by atoms with Crippen molar-refractivity contribution in [2.75, 3.05) is 0 Å². The highest BCUT2D eigenvalue weighted by Gasteiger charge is 2.22. The second-order valence-electron chi connectivity index (χ2n) is 4.62. The molecular formula is C9H18N4O. The van der Waals surface area contributed by atoms with Crippen molar-refractivity contribution in [1.82, 2.24) is 20.2 Å². The molecule has 0 amide bonds. The zero-order valence-corrected chi connectivity index (χ0v) is 9.23. The van der Waals surface area contributed by atoms with Crippen LogP contribution in [0.25, 0.3) is 0 Å². The Hall–Kier alpha value is -0.970. The van der Waals surface area contributed by atoms with Gasteiger partial charge in [-0.05, 0) is 17.0 Å². The normalized spacial score (nSPS) is 14.4. The molecule has 5 heteroatoms. The van der Waals surface area contributed by atoms with Crippen molar-refractivity contribution in [1.29, 1.82) is 0 Å². The van der Waals surface area contributed by atoms with Gasteiger partial charge in [0.2, 0.25) is 0 Å². The van der Waals surface area contributed by atoms with Crippen LogP contribution in [0.2, 0.25) is 0 Å². The van der Waals surface area contributed by atoms with E-state index in [4.69, 9.17) is 0 Å². The van der Waals surface area contributed by atoms with Crippen molar-refractivity contribution in [3.05, 3.63) is 5.82 Å². The third kappa shape index (κ3) is 3.06. The number of aryl methyl sites for hydroxylation is 2. The van der Waals surface area contributed by atoms with Gasteiger partial charge in [-0.2, -0.15) is 4.80 Å². The Morgan fingerprint density at radius 2 is 2.07 bits per heavy atom. The molecule has 1 heterocycles. The monoisotopic (exact) mass is 198 g/mol. The molecule has 0 aliphatic carbocycles. The molecule has 0 aliphatic rings. The van der Waals surface area contributed by atoms with Crippen LogP contribution in [0.4, 0.5) is 0 Å². The van der Waals surface area contributed by atoms with Crippen LogP contribution in [0.5, 0.6) is 0 Å². The highest BCUT2D eigenvalue weighted by atomic mass is 16.3. The summed E-state index contributed by atoms with van der Waals surface area (Å²) in [6, 6.07) is 0. The first-order valence-corrected chi connectivity index (χ1v) is 4.80. The summed E-state index contributed by atoms with van der Waals surface area (Å²) >= 11 is 0. The zero-order valence-electron chi connectivity index (χ0n) is 9.23. The maximum absolute atomic E-state index is 9.77. The topological polar surface area (TPSA) is 63.8 Å². The maximum Gasteiger partial charge on any atom is 0.174 e. The van der Waals surface area contributed by atoms with E-state index in [1.807, 2.05) is 20.8 Å². The van der Waals surface area contributed by atoms with Crippen molar-refractivity contribution in [2.45, 2.75) is 39.7 Å². The van der Waals surface area contributed by atoms with E-state index in [9.17, 15) is 5.11 Å². The lowest BCUT2D eigenvalue weighted by Crippen LogP contribution is -2.26. The predicted octanol–water partition coefficient (Wildman–Crippen LogP) is 0.550. The van der Waals surface area contributed by atoms with E-state index in [0.29, 0.717) is 18.7 Å². The lowest BCUT2D eigenvalue weighted by atomic mass is 9.86. The minimum absolute atomic E-state index is 0.0811. The smallest absolute Gasteiger partial charge is 0.174 e. The number of tetrazole rings is 1. The van der Waals surface area contributed by atoms with E-state index in [2.05, 4.69) is 15.4 Å². The number of rotatable bonds is 3. The Kier molecular flexibility index (Phi) is 3.21. The van der Waals surface area contributed by atoms with Gasteiger partial charge in [0.1, 0.15) is 0 Å². The first-order chi connectivity index (χ1) is 6.39. The fourth-order valence-electron chi connectivity index (χ4n) is 1.12. The molecule has 1 aromatic heterocycles. The Balaban J connectivity index is 2.41. The highest BCUT2D eigenvalue weighted by molar-refractivity contribution is 4.81. The third-order valence-corrected chi connectivity index (χ3v) is 2.19. The number of nitrogens with zero attached hydrogens (tertiary/aromatic N) is 4. The van der Waals surface area contributed by atoms with Gasteiger partial charge < -0.3 is 5.11 Å². The van der Waals surface area contributed by atoms with E-state index < -0.39 is 0 Å². The third-order valence-electron chi connectivity index (χ3n) is 2.19. The van der Waals surface area contributed by atoms with Crippen molar-refractivity contribution >= 4 is 0 Å². The van der Waals surface area contributed by atoms with E-state index in [1.165, 1.54) is 4.80 Å². The zero-order chi connectivity index (χ0) is 10.8. The van der Waals surface area contributed by atoms with Gasteiger partial charge in [0.05, 0.1) is 13.2 Å². The first-order valence-electron chi connectivity index (χ1n) is 4.80. The van der Waals surface area contributed by atoms with Crippen molar-refractivity contribution in [2.24, 2.45) is 12.5 Å². The molecule has 0 radical (unpaired) electrons. The summed E-state index contributed by atoms with van der Waals surface area (Å²) in [6.45, 7) is 6.05. The molecule has 1 aromatic rings. The summed E-state index contributed by atoms with van der Waals surface area (Å²) in [5.74, 6) is 0.691. The molecule has 0 fully saturated rings. The molecule has 0 saturated heterocycles. The summed E-state index contributed by atoms with van der Waals surface area (Å²) in [5, 5.41) is 21.4. The van der Waals surface area contributed by atoms with Crippen LogP contribution >= 0.6 is 0 Å². The summed E-state index contributed by atoms with van der Waals surface area (Å²) in [4.78, 5) is 1.43. The Bertz CT molecular complexity index is 289. The summed E-state index contributed by atoms with van der Waals surface area (Å²) in [5.41, 5.74) is -0.0811. The molecular weight excluding hydrogens is 180 g/mol. The lowest BCUT2D eigenvalue weighted by Gasteiger charge is -2.25. The number of aliphatic hydroxyl groups is 1. The average molecular weight is 198 g/mol. The van der Waals surface area contributed by atoms with E-state index in [1.54, 1.807) is 7.05 Å². The molecule has 0 saturated carbocycles. The van der Waals surface area contributed by atoms with Gasteiger partial charge in [0.15, 0.2) is 5.82 Å². The molecule has 1 N–H and O–H groups in total. The van der Waals surface area contributed by atoms with Crippen molar-refractivity contribution < 1.29 is 5.11 Å². The van der Waals surface area contributed by atoms with Gasteiger partial charge >= 0.3 is 0 Å². The Morgan fingerprint density at radius 3 is 2.50 bits per heavy atom. The second-order valence-corrected chi connectivity index (χ2v) is 4.62. The molecule has 0 aliphatic heterocycles. The predicted molar refractivity (Wildman–Crippen MR) is 52.6 cm³/mol. The molecule has 0 bridgehead atoms. The Labute approximate surface area is 84.1 Å². The van der Waals surface area contributed by atoms with Gasteiger partial charge in [-0.15, -0.1) is 10.2 Å². The van der Waals surface area contributed by atoms with Gasteiger partial charge in [0.25, 0.3) is 0 Å². The molecule has 0 spiro atoms. The van der Waals surface area contributed by atoms with Gasteiger partial charge in [0, 0.05) is 6.42 Å². The number of aliphatic hydroxyl groups excluding tert-OH is 1. The number of aromatic nitrogens is 4. The fourth-order valence-corrected chi connectivity index (χ4v) is 1.12. The van der Waals surface area contributed by atoms with Crippen molar-refractivity contribution in [3.63, 3.8) is 0 Å². The van der Waals surface area contributed by atoms with Crippen molar-refractivity contribution in [3.8, 4) is 0 Å².